The van der Waals surface area contributed by atoms with Gasteiger partial charge in [-0.3, -0.25) is 4.90 Å². The maximum atomic E-state index is 12.1. The standard InChI is InChI=1S/C18H28N4O3/c1-14-8-16(20-25-14)10-21-12-18(13-21)5-4-15(11-24-18)9-19-17(23)22-6-2-3-7-22/h8,15H,2-7,9-13H2,1H3,(H,19,23)/t15-/m1/s1. The van der Waals surface area contributed by atoms with E-state index in [9.17, 15) is 4.79 Å². The molecule has 0 aliphatic carbocycles. The molecule has 1 aromatic rings. The number of aryl methyl sites for hydroxylation is 1. The summed E-state index contributed by atoms with van der Waals surface area (Å²) in [6, 6.07) is 2.08. The van der Waals surface area contributed by atoms with Crippen LogP contribution in [0.3, 0.4) is 0 Å². The van der Waals surface area contributed by atoms with E-state index in [4.69, 9.17) is 9.26 Å². The van der Waals surface area contributed by atoms with Crippen LogP contribution in [0.1, 0.15) is 37.1 Å². The number of nitrogens with zero attached hydrogens (tertiary/aromatic N) is 3. The van der Waals surface area contributed by atoms with E-state index in [2.05, 4.69) is 15.4 Å². The highest BCUT2D eigenvalue weighted by molar-refractivity contribution is 5.74. The Balaban J connectivity index is 1.16. The van der Waals surface area contributed by atoms with Crippen molar-refractivity contribution in [3.63, 3.8) is 0 Å². The van der Waals surface area contributed by atoms with Gasteiger partial charge in [-0.05, 0) is 38.5 Å². The summed E-state index contributed by atoms with van der Waals surface area (Å²) in [4.78, 5) is 16.3. The monoisotopic (exact) mass is 348 g/mol. The van der Waals surface area contributed by atoms with Crippen LogP contribution in [0.5, 0.6) is 0 Å². The van der Waals surface area contributed by atoms with Crippen LogP contribution in [0.15, 0.2) is 10.6 Å². The number of rotatable bonds is 4. The van der Waals surface area contributed by atoms with Gasteiger partial charge in [0.2, 0.25) is 0 Å². The Morgan fingerprint density at radius 2 is 2.20 bits per heavy atom. The van der Waals surface area contributed by atoms with Crippen molar-refractivity contribution in [2.75, 3.05) is 39.3 Å². The number of ether oxygens (including phenoxy) is 1. The topological polar surface area (TPSA) is 70.8 Å². The molecule has 1 spiro atoms. The molecule has 1 aromatic heterocycles. The molecule has 25 heavy (non-hydrogen) atoms. The average molecular weight is 348 g/mol. The minimum atomic E-state index is 0.0221. The molecular weight excluding hydrogens is 320 g/mol. The van der Waals surface area contributed by atoms with E-state index in [1.54, 1.807) is 0 Å². The van der Waals surface area contributed by atoms with Gasteiger partial charge in [-0.15, -0.1) is 0 Å². The predicted molar refractivity (Wildman–Crippen MR) is 92.1 cm³/mol. The van der Waals surface area contributed by atoms with Crippen molar-refractivity contribution < 1.29 is 14.1 Å². The van der Waals surface area contributed by atoms with Gasteiger partial charge in [0, 0.05) is 45.3 Å². The molecule has 3 aliphatic heterocycles. The van der Waals surface area contributed by atoms with Gasteiger partial charge in [0.1, 0.15) is 5.76 Å². The van der Waals surface area contributed by atoms with Gasteiger partial charge >= 0.3 is 6.03 Å². The lowest BCUT2D eigenvalue weighted by Crippen LogP contribution is -2.64. The number of hydrogen-bond donors (Lipinski definition) is 1. The van der Waals surface area contributed by atoms with Crippen molar-refractivity contribution in [3.8, 4) is 0 Å². The second-order valence-electron chi connectivity index (χ2n) is 7.85. The molecule has 7 nitrogen and oxygen atoms in total. The summed E-state index contributed by atoms with van der Waals surface area (Å²) < 4.78 is 11.3. The summed E-state index contributed by atoms with van der Waals surface area (Å²) in [7, 11) is 0. The smallest absolute Gasteiger partial charge is 0.317 e. The minimum absolute atomic E-state index is 0.0221. The predicted octanol–water partition coefficient (Wildman–Crippen LogP) is 1.77. The van der Waals surface area contributed by atoms with Gasteiger partial charge < -0.3 is 19.5 Å². The number of carbonyl (C=O) groups excluding carboxylic acids is 1. The van der Waals surface area contributed by atoms with Crippen molar-refractivity contribution in [2.24, 2.45) is 5.92 Å². The van der Waals surface area contributed by atoms with Gasteiger partial charge in [0.25, 0.3) is 0 Å². The number of aromatic nitrogens is 1. The van der Waals surface area contributed by atoms with Crippen LogP contribution in [-0.4, -0.2) is 65.9 Å². The number of amides is 2. The SMILES string of the molecule is Cc1cc(CN2CC3(CC[C@H](CNC(=O)N4CCCC4)CO3)C2)no1. The Kier molecular flexibility index (Phi) is 4.69. The van der Waals surface area contributed by atoms with Crippen LogP contribution >= 0.6 is 0 Å². The van der Waals surface area contributed by atoms with E-state index in [1.165, 1.54) is 0 Å². The Hall–Kier alpha value is -1.60. The maximum absolute atomic E-state index is 12.1. The molecule has 0 unspecified atom stereocenters. The zero-order valence-electron chi connectivity index (χ0n) is 15.0. The van der Waals surface area contributed by atoms with Crippen LogP contribution in [0.4, 0.5) is 4.79 Å². The van der Waals surface area contributed by atoms with E-state index in [-0.39, 0.29) is 11.6 Å². The number of urea groups is 1. The summed E-state index contributed by atoms with van der Waals surface area (Å²) in [5, 5.41) is 7.13. The number of nitrogens with one attached hydrogen (secondary N) is 1. The molecule has 0 saturated carbocycles. The number of hydrogen-bond acceptors (Lipinski definition) is 5. The van der Waals surface area contributed by atoms with Crippen LogP contribution in [0, 0.1) is 12.8 Å². The highest BCUT2D eigenvalue weighted by atomic mass is 16.5. The lowest BCUT2D eigenvalue weighted by Gasteiger charge is -2.52. The molecule has 4 heterocycles. The Morgan fingerprint density at radius 1 is 1.40 bits per heavy atom. The van der Waals surface area contributed by atoms with Crippen molar-refractivity contribution in [3.05, 3.63) is 17.5 Å². The molecule has 2 amide bonds. The molecule has 3 aliphatic rings. The summed E-state index contributed by atoms with van der Waals surface area (Å²) in [5.74, 6) is 1.29. The van der Waals surface area contributed by atoms with E-state index in [0.717, 1.165) is 83.0 Å². The summed E-state index contributed by atoms with van der Waals surface area (Å²) >= 11 is 0. The zero-order chi connectivity index (χ0) is 17.3. The average Bonchev–Trinajstić information content (AvgIpc) is 3.24. The molecule has 3 fully saturated rings. The molecular formula is C18H28N4O3. The first-order chi connectivity index (χ1) is 12.1. The van der Waals surface area contributed by atoms with E-state index >= 15 is 0 Å². The van der Waals surface area contributed by atoms with Crippen molar-refractivity contribution in [2.45, 2.75) is 44.8 Å². The zero-order valence-corrected chi connectivity index (χ0v) is 15.0. The second kappa shape index (κ2) is 6.96. The van der Waals surface area contributed by atoms with Crippen LogP contribution in [0.2, 0.25) is 0 Å². The Morgan fingerprint density at radius 3 is 2.84 bits per heavy atom. The number of likely N-dealkylation sites (tertiary alicyclic amines) is 2. The highest BCUT2D eigenvalue weighted by Gasteiger charge is 2.46. The second-order valence-corrected chi connectivity index (χ2v) is 7.85. The van der Waals surface area contributed by atoms with E-state index in [1.807, 2.05) is 17.9 Å². The third-order valence-electron chi connectivity index (χ3n) is 5.65. The molecule has 1 N–H and O–H groups in total. The quantitative estimate of drug-likeness (QED) is 0.898. The fourth-order valence-electron chi connectivity index (χ4n) is 4.19. The van der Waals surface area contributed by atoms with E-state index < -0.39 is 0 Å². The lowest BCUT2D eigenvalue weighted by molar-refractivity contribution is -0.181. The molecule has 4 rings (SSSR count). The molecule has 0 radical (unpaired) electrons. The van der Waals surface area contributed by atoms with Gasteiger partial charge in [0.05, 0.1) is 17.9 Å². The Bertz CT molecular complexity index is 595. The summed E-state index contributed by atoms with van der Waals surface area (Å²) in [6.45, 7) is 7.95. The van der Waals surface area contributed by atoms with Gasteiger partial charge in [-0.1, -0.05) is 5.16 Å². The molecule has 0 aromatic carbocycles. The van der Waals surface area contributed by atoms with Gasteiger partial charge in [0.15, 0.2) is 0 Å². The fourth-order valence-corrected chi connectivity index (χ4v) is 4.19. The molecule has 0 bridgehead atoms. The van der Waals surface area contributed by atoms with Crippen LogP contribution in [-0.2, 0) is 11.3 Å². The van der Waals surface area contributed by atoms with Crippen molar-refractivity contribution in [1.82, 2.24) is 20.3 Å². The van der Waals surface area contributed by atoms with Crippen LogP contribution in [0.25, 0.3) is 0 Å². The van der Waals surface area contributed by atoms with Gasteiger partial charge in [-0.25, -0.2) is 4.79 Å². The fraction of sp³-hybridized carbons (Fsp3) is 0.778. The van der Waals surface area contributed by atoms with Gasteiger partial charge in [-0.2, -0.15) is 0 Å². The summed E-state index contributed by atoms with van der Waals surface area (Å²) in [6.07, 6.45) is 4.46. The van der Waals surface area contributed by atoms with E-state index in [0.29, 0.717) is 5.92 Å². The third kappa shape index (κ3) is 3.82. The Labute approximate surface area is 148 Å². The molecule has 3 saturated heterocycles. The molecule has 1 atom stereocenters. The van der Waals surface area contributed by atoms with Crippen LogP contribution < -0.4 is 5.32 Å². The minimum Gasteiger partial charge on any atom is -0.372 e. The third-order valence-corrected chi connectivity index (χ3v) is 5.65. The first-order valence-corrected chi connectivity index (χ1v) is 9.43. The maximum Gasteiger partial charge on any atom is 0.317 e. The summed E-state index contributed by atoms with van der Waals surface area (Å²) in [5.41, 5.74) is 1.01. The molecule has 7 heteroatoms. The van der Waals surface area contributed by atoms with Crippen molar-refractivity contribution >= 4 is 6.03 Å². The number of carbonyl (C=O) groups is 1. The molecule has 138 valence electrons. The first-order valence-electron chi connectivity index (χ1n) is 9.43. The lowest BCUT2D eigenvalue weighted by atomic mass is 9.83. The normalized spacial score (nSPS) is 26.0. The first kappa shape index (κ1) is 16.8. The van der Waals surface area contributed by atoms with Crippen molar-refractivity contribution in [1.29, 1.82) is 0 Å². The largest absolute Gasteiger partial charge is 0.372 e. The highest BCUT2D eigenvalue weighted by Crippen LogP contribution is 2.36.